The molecule has 0 fully saturated rings. The van der Waals surface area contributed by atoms with Crippen molar-refractivity contribution < 1.29 is 0 Å². The van der Waals surface area contributed by atoms with Crippen molar-refractivity contribution in [2.75, 3.05) is 0 Å². The van der Waals surface area contributed by atoms with Gasteiger partial charge in [-0.05, 0) is 46.6 Å². The van der Waals surface area contributed by atoms with E-state index in [9.17, 15) is 0 Å². The summed E-state index contributed by atoms with van der Waals surface area (Å²) in [5.41, 5.74) is 2.13. The number of aromatic nitrogens is 1. The third-order valence-electron chi connectivity index (χ3n) is 1.70. The Kier molecular flexibility index (Phi) is 1.85. The van der Waals surface area contributed by atoms with Gasteiger partial charge in [0.15, 0.2) is 0 Å². The molecule has 0 amide bonds. The lowest BCUT2D eigenvalue weighted by atomic mass is 10.1. The van der Waals surface area contributed by atoms with Crippen LogP contribution >= 0.6 is 15.9 Å². The number of benzene rings is 1. The third-order valence-corrected chi connectivity index (χ3v) is 2.14. The van der Waals surface area contributed by atoms with Crippen molar-refractivity contribution in [3.63, 3.8) is 0 Å². The summed E-state index contributed by atoms with van der Waals surface area (Å²) < 4.78 is 1.01. The summed E-state index contributed by atoms with van der Waals surface area (Å²) in [6, 6.07) is 9.21. The van der Waals surface area contributed by atoms with Gasteiger partial charge in [-0.3, -0.25) is 4.98 Å². The van der Waals surface area contributed by atoms with E-state index in [1.807, 2.05) is 12.1 Å². The van der Waals surface area contributed by atoms with Crippen molar-refractivity contribution in [3.05, 3.63) is 40.5 Å². The van der Waals surface area contributed by atoms with Gasteiger partial charge < -0.3 is 0 Å². The number of fused-ring (bicyclic) bond motifs is 1. The lowest BCUT2D eigenvalue weighted by Crippen LogP contribution is -1.79. The van der Waals surface area contributed by atoms with Crippen LogP contribution in [-0.4, -0.2) is 4.98 Å². The predicted molar refractivity (Wildman–Crippen MR) is 53.0 cm³/mol. The Bertz CT molecular complexity index is 386. The molecular weight excluding hydrogens is 214 g/mol. The van der Waals surface area contributed by atoms with Crippen LogP contribution in [0.3, 0.4) is 0 Å². The highest BCUT2D eigenvalue weighted by molar-refractivity contribution is 9.10. The SMILES string of the molecule is Cc1c[c]c2ncc(Br)cc2c1. The van der Waals surface area contributed by atoms with Crippen molar-refractivity contribution in [2.24, 2.45) is 0 Å². The molecule has 0 saturated carbocycles. The zero-order valence-corrected chi connectivity index (χ0v) is 8.22. The molecule has 0 N–H and O–H groups in total. The molecule has 0 aliphatic carbocycles. The largest absolute Gasteiger partial charge is 0.254 e. The fourth-order valence-corrected chi connectivity index (χ4v) is 1.50. The van der Waals surface area contributed by atoms with E-state index in [4.69, 9.17) is 0 Å². The Balaban J connectivity index is 2.80. The normalized spacial score (nSPS) is 10.5. The van der Waals surface area contributed by atoms with Gasteiger partial charge in [0.05, 0.1) is 5.52 Å². The second-order valence-corrected chi connectivity index (χ2v) is 3.68. The van der Waals surface area contributed by atoms with Crippen molar-refractivity contribution in [3.8, 4) is 0 Å². The molecule has 1 nitrogen and oxygen atoms in total. The standard InChI is InChI=1S/C10H7BrN/c1-7-2-3-10-8(4-7)5-9(11)6-12-10/h2,4-6H,1H3. The molecule has 1 aromatic carbocycles. The third kappa shape index (κ3) is 1.34. The summed E-state index contributed by atoms with van der Waals surface area (Å²) in [5, 5.41) is 1.13. The van der Waals surface area contributed by atoms with Crippen molar-refractivity contribution in [2.45, 2.75) is 6.92 Å². The van der Waals surface area contributed by atoms with Crippen molar-refractivity contribution >= 4 is 26.8 Å². The zero-order chi connectivity index (χ0) is 8.55. The monoisotopic (exact) mass is 220 g/mol. The van der Waals surface area contributed by atoms with Gasteiger partial charge in [-0.2, -0.15) is 0 Å². The molecule has 2 aromatic rings. The van der Waals surface area contributed by atoms with Gasteiger partial charge in [-0.15, -0.1) is 0 Å². The molecule has 2 heteroatoms. The van der Waals surface area contributed by atoms with Gasteiger partial charge in [0.2, 0.25) is 0 Å². The number of rotatable bonds is 0. The van der Waals surface area contributed by atoms with Crippen LogP contribution in [-0.2, 0) is 0 Å². The van der Waals surface area contributed by atoms with Crippen LogP contribution < -0.4 is 0 Å². The minimum atomic E-state index is 0.920. The molecule has 1 radical (unpaired) electrons. The van der Waals surface area contributed by atoms with E-state index in [2.05, 4.69) is 40.0 Å². The van der Waals surface area contributed by atoms with Gasteiger partial charge in [0, 0.05) is 22.1 Å². The molecule has 0 saturated heterocycles. The fraction of sp³-hybridized carbons (Fsp3) is 0.100. The fourth-order valence-electron chi connectivity index (χ4n) is 1.15. The highest BCUT2D eigenvalue weighted by Gasteiger charge is 1.95. The molecule has 2 rings (SSSR count). The summed E-state index contributed by atoms with van der Waals surface area (Å²) >= 11 is 3.38. The Labute approximate surface area is 79.6 Å². The van der Waals surface area contributed by atoms with Crippen LogP contribution in [0.4, 0.5) is 0 Å². The summed E-state index contributed by atoms with van der Waals surface area (Å²) in [5.74, 6) is 0. The van der Waals surface area contributed by atoms with Crippen molar-refractivity contribution in [1.29, 1.82) is 0 Å². The lowest BCUT2D eigenvalue weighted by Gasteiger charge is -1.97. The van der Waals surface area contributed by atoms with E-state index < -0.39 is 0 Å². The first-order chi connectivity index (χ1) is 5.75. The summed E-state index contributed by atoms with van der Waals surface area (Å²) in [4.78, 5) is 4.22. The Morgan fingerprint density at radius 3 is 3.08 bits per heavy atom. The number of aryl methyl sites for hydroxylation is 1. The second kappa shape index (κ2) is 2.87. The number of hydrogen-bond acceptors (Lipinski definition) is 1. The molecule has 0 aliphatic rings. The maximum atomic E-state index is 4.22. The van der Waals surface area contributed by atoms with Crippen LogP contribution in [0.1, 0.15) is 5.56 Å². The van der Waals surface area contributed by atoms with Crippen LogP contribution in [0.2, 0.25) is 0 Å². The molecule has 1 aromatic heterocycles. The van der Waals surface area contributed by atoms with Gasteiger partial charge in [0.25, 0.3) is 0 Å². The second-order valence-electron chi connectivity index (χ2n) is 2.77. The van der Waals surface area contributed by atoms with Crippen LogP contribution in [0.25, 0.3) is 10.9 Å². The Morgan fingerprint density at radius 1 is 1.42 bits per heavy atom. The van der Waals surface area contributed by atoms with Gasteiger partial charge in [0.1, 0.15) is 0 Å². The molecule has 12 heavy (non-hydrogen) atoms. The first kappa shape index (κ1) is 7.74. The molecule has 1 heterocycles. The van der Waals surface area contributed by atoms with Gasteiger partial charge in [-0.25, -0.2) is 0 Å². The quantitative estimate of drug-likeness (QED) is 0.666. The van der Waals surface area contributed by atoms with Crippen LogP contribution in [0.5, 0.6) is 0 Å². The minimum absolute atomic E-state index is 0.920. The van der Waals surface area contributed by atoms with E-state index in [0.717, 1.165) is 15.4 Å². The maximum absolute atomic E-state index is 4.22. The zero-order valence-electron chi connectivity index (χ0n) is 6.63. The number of halogens is 1. The molecule has 0 spiro atoms. The summed E-state index contributed by atoms with van der Waals surface area (Å²) in [6.07, 6.45) is 1.79. The predicted octanol–water partition coefficient (Wildman–Crippen LogP) is 3.11. The highest BCUT2D eigenvalue weighted by Crippen LogP contribution is 2.17. The van der Waals surface area contributed by atoms with Gasteiger partial charge in [-0.1, -0.05) is 0 Å². The first-order valence-electron chi connectivity index (χ1n) is 3.69. The van der Waals surface area contributed by atoms with E-state index in [-0.39, 0.29) is 0 Å². The Hall–Kier alpha value is -0.890. The van der Waals surface area contributed by atoms with E-state index >= 15 is 0 Å². The number of pyridine rings is 1. The maximum Gasteiger partial charge on any atom is 0.0782 e. The molecule has 0 bridgehead atoms. The minimum Gasteiger partial charge on any atom is -0.254 e. The Morgan fingerprint density at radius 2 is 2.25 bits per heavy atom. The molecule has 0 aliphatic heterocycles. The first-order valence-corrected chi connectivity index (χ1v) is 4.48. The van der Waals surface area contributed by atoms with E-state index in [1.54, 1.807) is 6.20 Å². The van der Waals surface area contributed by atoms with Crippen LogP contribution in [0, 0.1) is 13.0 Å². The average molecular weight is 221 g/mol. The molecule has 0 atom stereocenters. The molecular formula is C10H7BrN. The number of nitrogens with zero attached hydrogens (tertiary/aromatic N) is 1. The lowest BCUT2D eigenvalue weighted by molar-refractivity contribution is 1.37. The highest BCUT2D eigenvalue weighted by atomic mass is 79.9. The molecule has 0 unspecified atom stereocenters. The topological polar surface area (TPSA) is 12.9 Å². The van der Waals surface area contributed by atoms with E-state index in [0.29, 0.717) is 0 Å². The van der Waals surface area contributed by atoms with Gasteiger partial charge >= 0.3 is 0 Å². The molecule has 59 valence electrons. The van der Waals surface area contributed by atoms with Crippen molar-refractivity contribution in [1.82, 2.24) is 4.98 Å². The summed E-state index contributed by atoms with van der Waals surface area (Å²) in [7, 11) is 0. The smallest absolute Gasteiger partial charge is 0.0782 e. The van der Waals surface area contributed by atoms with E-state index in [1.165, 1.54) is 5.56 Å². The average Bonchev–Trinajstić information content (AvgIpc) is 2.03. The number of hydrogen-bond donors (Lipinski definition) is 0. The van der Waals surface area contributed by atoms with Crippen LogP contribution in [0.15, 0.2) is 28.9 Å². The summed E-state index contributed by atoms with van der Waals surface area (Å²) in [6.45, 7) is 2.05.